The zero-order chi connectivity index (χ0) is 12.3. The van der Waals surface area contributed by atoms with E-state index in [4.69, 9.17) is 15.6 Å². The Labute approximate surface area is 91.9 Å². The van der Waals surface area contributed by atoms with Crippen molar-refractivity contribution in [3.8, 4) is 0 Å². The molecule has 1 heterocycles. The third-order valence-electron chi connectivity index (χ3n) is 2.37. The minimum absolute atomic E-state index is 0.290. The number of carbonyl (C=O) groups is 3. The molecular weight excluding hydrogens is 216 g/mol. The van der Waals surface area contributed by atoms with E-state index in [9.17, 15) is 14.4 Å². The summed E-state index contributed by atoms with van der Waals surface area (Å²) in [6, 6.07) is -0.792. The van der Waals surface area contributed by atoms with Gasteiger partial charge >= 0.3 is 5.97 Å². The van der Waals surface area contributed by atoms with Crippen LogP contribution in [0, 0.1) is 0 Å². The van der Waals surface area contributed by atoms with Gasteiger partial charge in [0.25, 0.3) is 0 Å². The van der Waals surface area contributed by atoms with E-state index in [0.717, 1.165) is 0 Å². The third kappa shape index (κ3) is 2.93. The molecule has 1 fully saturated rings. The lowest BCUT2D eigenvalue weighted by Gasteiger charge is -2.14. The number of aliphatic carboxylic acids is 1. The van der Waals surface area contributed by atoms with Gasteiger partial charge in [0, 0.05) is 0 Å². The Hall–Kier alpha value is -1.63. The molecule has 90 valence electrons. The van der Waals surface area contributed by atoms with E-state index in [1.165, 1.54) is 6.92 Å². The SMILES string of the molecule is CC(NC(=O)C1CCC(C(=O)O)O1)C(N)=O. The van der Waals surface area contributed by atoms with Gasteiger partial charge < -0.3 is 20.9 Å². The van der Waals surface area contributed by atoms with Gasteiger partial charge in [-0.2, -0.15) is 0 Å². The first-order chi connectivity index (χ1) is 7.41. The highest BCUT2D eigenvalue weighted by atomic mass is 16.5. The van der Waals surface area contributed by atoms with E-state index in [-0.39, 0.29) is 0 Å². The fourth-order valence-electron chi connectivity index (χ4n) is 1.39. The molecule has 0 aromatic rings. The Kier molecular flexibility index (Phi) is 3.83. The predicted octanol–water partition coefficient (Wildman–Crippen LogP) is -1.39. The van der Waals surface area contributed by atoms with Gasteiger partial charge in [0.2, 0.25) is 11.8 Å². The Balaban J connectivity index is 2.45. The second-order valence-corrected chi connectivity index (χ2v) is 3.66. The van der Waals surface area contributed by atoms with Gasteiger partial charge in [-0.3, -0.25) is 9.59 Å². The zero-order valence-electron chi connectivity index (χ0n) is 8.80. The van der Waals surface area contributed by atoms with E-state index in [1.807, 2.05) is 0 Å². The maximum absolute atomic E-state index is 11.5. The molecule has 0 saturated carbocycles. The molecule has 4 N–H and O–H groups in total. The molecule has 3 atom stereocenters. The second-order valence-electron chi connectivity index (χ2n) is 3.66. The zero-order valence-corrected chi connectivity index (χ0v) is 8.80. The number of ether oxygens (including phenoxy) is 1. The Morgan fingerprint density at radius 2 is 1.94 bits per heavy atom. The number of carbonyl (C=O) groups excluding carboxylic acids is 2. The summed E-state index contributed by atoms with van der Waals surface area (Å²) in [7, 11) is 0. The standard InChI is InChI=1S/C9H14N2O5/c1-4(7(10)12)11-8(13)5-2-3-6(16-5)9(14)15/h4-6H,2-3H2,1H3,(H2,10,12)(H,11,13)(H,14,15). The van der Waals surface area contributed by atoms with E-state index >= 15 is 0 Å². The molecule has 2 amide bonds. The van der Waals surface area contributed by atoms with Crippen molar-refractivity contribution in [2.75, 3.05) is 0 Å². The van der Waals surface area contributed by atoms with Crippen LogP contribution in [0.5, 0.6) is 0 Å². The fraction of sp³-hybridized carbons (Fsp3) is 0.667. The summed E-state index contributed by atoms with van der Waals surface area (Å²) < 4.78 is 5.00. The largest absolute Gasteiger partial charge is 0.479 e. The van der Waals surface area contributed by atoms with Gasteiger partial charge in [-0.25, -0.2) is 4.79 Å². The van der Waals surface area contributed by atoms with E-state index in [0.29, 0.717) is 12.8 Å². The average molecular weight is 230 g/mol. The molecule has 7 heteroatoms. The van der Waals surface area contributed by atoms with Crippen LogP contribution in [-0.2, 0) is 19.1 Å². The molecule has 0 aromatic heterocycles. The number of hydrogen-bond donors (Lipinski definition) is 3. The van der Waals surface area contributed by atoms with Crippen LogP contribution in [0.4, 0.5) is 0 Å². The highest BCUT2D eigenvalue weighted by Crippen LogP contribution is 2.19. The van der Waals surface area contributed by atoms with Gasteiger partial charge in [-0.1, -0.05) is 0 Å². The van der Waals surface area contributed by atoms with Crippen LogP contribution >= 0.6 is 0 Å². The summed E-state index contributed by atoms with van der Waals surface area (Å²) in [6.45, 7) is 1.45. The van der Waals surface area contributed by atoms with E-state index < -0.39 is 36.0 Å². The number of nitrogens with two attached hydrogens (primary N) is 1. The molecule has 0 aromatic carbocycles. The van der Waals surface area contributed by atoms with Crippen molar-refractivity contribution in [2.45, 2.75) is 38.0 Å². The second kappa shape index (κ2) is 4.93. The molecule has 0 bridgehead atoms. The van der Waals surface area contributed by atoms with Crippen molar-refractivity contribution >= 4 is 17.8 Å². The number of nitrogens with one attached hydrogen (secondary N) is 1. The molecule has 0 radical (unpaired) electrons. The monoisotopic (exact) mass is 230 g/mol. The van der Waals surface area contributed by atoms with Crippen LogP contribution < -0.4 is 11.1 Å². The van der Waals surface area contributed by atoms with Crippen molar-refractivity contribution in [2.24, 2.45) is 5.73 Å². The van der Waals surface area contributed by atoms with Crippen molar-refractivity contribution in [1.82, 2.24) is 5.32 Å². The highest BCUT2D eigenvalue weighted by Gasteiger charge is 2.35. The molecule has 0 spiro atoms. The molecule has 0 aliphatic carbocycles. The van der Waals surface area contributed by atoms with E-state index in [2.05, 4.69) is 5.32 Å². The third-order valence-corrected chi connectivity index (χ3v) is 2.37. The molecule has 16 heavy (non-hydrogen) atoms. The van der Waals surface area contributed by atoms with Gasteiger partial charge in [0.1, 0.15) is 12.1 Å². The molecule has 1 saturated heterocycles. The molecular formula is C9H14N2O5. The number of primary amides is 1. The minimum Gasteiger partial charge on any atom is -0.479 e. The van der Waals surface area contributed by atoms with Crippen LogP contribution in [0.25, 0.3) is 0 Å². The van der Waals surface area contributed by atoms with E-state index in [1.54, 1.807) is 0 Å². The van der Waals surface area contributed by atoms with Crippen LogP contribution in [0.3, 0.4) is 0 Å². The smallest absolute Gasteiger partial charge is 0.332 e. The summed E-state index contributed by atoms with van der Waals surface area (Å²) >= 11 is 0. The number of carboxylic acid groups (broad SMARTS) is 1. The summed E-state index contributed by atoms with van der Waals surface area (Å²) in [5.41, 5.74) is 4.97. The van der Waals surface area contributed by atoms with Gasteiger partial charge in [0.05, 0.1) is 0 Å². The lowest BCUT2D eigenvalue weighted by Crippen LogP contribution is -2.46. The molecule has 1 aliphatic rings. The Morgan fingerprint density at radius 1 is 1.38 bits per heavy atom. The Morgan fingerprint density at radius 3 is 2.38 bits per heavy atom. The van der Waals surface area contributed by atoms with Crippen molar-refractivity contribution in [3.63, 3.8) is 0 Å². The van der Waals surface area contributed by atoms with Gasteiger partial charge in [-0.15, -0.1) is 0 Å². The number of carboxylic acids is 1. The number of amides is 2. The first-order valence-electron chi connectivity index (χ1n) is 4.89. The summed E-state index contributed by atoms with van der Waals surface area (Å²) in [6.07, 6.45) is -1.14. The summed E-state index contributed by atoms with van der Waals surface area (Å²) in [4.78, 5) is 32.8. The minimum atomic E-state index is -1.08. The molecule has 3 unspecified atom stereocenters. The van der Waals surface area contributed by atoms with Crippen molar-refractivity contribution in [1.29, 1.82) is 0 Å². The van der Waals surface area contributed by atoms with Gasteiger partial charge in [-0.05, 0) is 19.8 Å². The topological polar surface area (TPSA) is 119 Å². The molecule has 1 rings (SSSR count). The quantitative estimate of drug-likeness (QED) is 0.549. The maximum atomic E-state index is 11.5. The molecule has 1 aliphatic heterocycles. The molecule has 7 nitrogen and oxygen atoms in total. The normalized spacial score (nSPS) is 26.1. The first kappa shape index (κ1) is 12.4. The van der Waals surface area contributed by atoms with Crippen molar-refractivity contribution in [3.05, 3.63) is 0 Å². The fourth-order valence-corrected chi connectivity index (χ4v) is 1.39. The van der Waals surface area contributed by atoms with Crippen LogP contribution in [0.1, 0.15) is 19.8 Å². The summed E-state index contributed by atoms with van der Waals surface area (Å²) in [5.74, 6) is -2.24. The predicted molar refractivity (Wildman–Crippen MR) is 52.3 cm³/mol. The number of hydrogen-bond acceptors (Lipinski definition) is 4. The number of rotatable bonds is 4. The van der Waals surface area contributed by atoms with Crippen LogP contribution in [-0.4, -0.2) is 41.1 Å². The summed E-state index contributed by atoms with van der Waals surface area (Å²) in [5, 5.41) is 11.0. The Bertz CT molecular complexity index is 317. The highest BCUT2D eigenvalue weighted by molar-refractivity contribution is 5.88. The lowest BCUT2D eigenvalue weighted by atomic mass is 10.2. The van der Waals surface area contributed by atoms with Crippen molar-refractivity contribution < 1.29 is 24.2 Å². The van der Waals surface area contributed by atoms with Crippen LogP contribution in [0.2, 0.25) is 0 Å². The first-order valence-corrected chi connectivity index (χ1v) is 4.89. The average Bonchev–Trinajstić information content (AvgIpc) is 2.65. The van der Waals surface area contributed by atoms with Crippen LogP contribution in [0.15, 0.2) is 0 Å². The maximum Gasteiger partial charge on any atom is 0.332 e. The van der Waals surface area contributed by atoms with Gasteiger partial charge in [0.15, 0.2) is 6.10 Å². The lowest BCUT2D eigenvalue weighted by molar-refractivity contribution is -0.152.